The number of aromatic nitrogens is 9. The molecule has 2 aliphatic heterocycles. The Morgan fingerprint density at radius 3 is 2.82 bits per heavy atom. The molecular weight excluding hydrogens is 671 g/mol. The number of aliphatic hydroxyl groups excluding tert-OH is 1. The van der Waals surface area contributed by atoms with Gasteiger partial charge in [-0.1, -0.05) is 29.7 Å². The van der Waals surface area contributed by atoms with Crippen molar-refractivity contribution in [3.05, 3.63) is 28.4 Å². The predicted molar refractivity (Wildman–Crippen MR) is 154 cm³/mol. The quantitative estimate of drug-likeness (QED) is 0.0942. The van der Waals surface area contributed by atoms with Crippen molar-refractivity contribution in [2.45, 2.75) is 49.3 Å². The summed E-state index contributed by atoms with van der Waals surface area (Å²) in [5.41, 5.74) is 11.2. The first-order valence-corrected chi connectivity index (χ1v) is 17.9. The van der Waals surface area contributed by atoms with Gasteiger partial charge in [0.25, 0.3) is 5.56 Å². The van der Waals surface area contributed by atoms with E-state index < -0.39 is 75.7 Å². The summed E-state index contributed by atoms with van der Waals surface area (Å²) in [6, 6.07) is 0. The Morgan fingerprint density at radius 2 is 2.07 bits per heavy atom. The van der Waals surface area contributed by atoms with Crippen LogP contribution in [0, 0.1) is 0 Å². The largest absolute Gasteiger partial charge is 0.394 e. The van der Waals surface area contributed by atoms with Crippen LogP contribution in [0.15, 0.2) is 17.3 Å². The molecule has 25 heteroatoms. The molecule has 0 spiro atoms. The molecule has 2 fully saturated rings. The summed E-state index contributed by atoms with van der Waals surface area (Å²) in [5.74, 6) is -0.190. The Bertz CT molecular complexity index is 1830. The smallest absolute Gasteiger partial charge is 0.386 e. The first kappa shape index (κ1) is 31.3. The minimum atomic E-state index is -4.43. The third-order valence-corrected chi connectivity index (χ3v) is 9.29. The lowest BCUT2D eigenvalue weighted by molar-refractivity contribution is -0.0548. The van der Waals surface area contributed by atoms with Crippen LogP contribution in [-0.2, 0) is 32.2 Å². The van der Waals surface area contributed by atoms with Crippen LogP contribution in [-0.4, -0.2) is 93.5 Å². The number of fused-ring (bicyclic) bond motifs is 2. The van der Waals surface area contributed by atoms with Crippen molar-refractivity contribution < 1.29 is 41.7 Å². The SMILES string of the molecule is Nc1nc2c(nnn2[C@@H]2O[C@H](CO)[C@H](F)C2OP(=O)(S)OC[C@H]2O[C@@H](c3cnn4c(N)ncnc34)C[C@@H]2O[PH](=O)S)c(=O)[nH]1. The minimum Gasteiger partial charge on any atom is -0.394 e. The molecule has 0 saturated carbocycles. The van der Waals surface area contributed by atoms with E-state index >= 15 is 4.39 Å². The van der Waals surface area contributed by atoms with E-state index in [0.717, 1.165) is 4.68 Å². The summed E-state index contributed by atoms with van der Waals surface area (Å²) >= 11 is 7.85. The van der Waals surface area contributed by atoms with E-state index in [9.17, 15) is 19.0 Å². The molecule has 3 unspecified atom stereocenters. The molecule has 4 aromatic rings. The molecule has 44 heavy (non-hydrogen) atoms. The van der Waals surface area contributed by atoms with Gasteiger partial charge in [0, 0.05) is 12.0 Å². The number of halogens is 1. The number of aliphatic hydroxyl groups is 1. The Morgan fingerprint density at radius 1 is 1.27 bits per heavy atom. The highest BCUT2D eigenvalue weighted by Gasteiger charge is 2.51. The van der Waals surface area contributed by atoms with E-state index in [4.69, 9.17) is 34.5 Å². The average Bonchev–Trinajstić information content (AvgIpc) is 3.73. The zero-order chi connectivity index (χ0) is 31.3. The molecule has 9 atom stereocenters. The van der Waals surface area contributed by atoms with Crippen LogP contribution >= 0.6 is 38.5 Å². The lowest BCUT2D eigenvalue weighted by Crippen LogP contribution is -2.32. The van der Waals surface area contributed by atoms with Crippen molar-refractivity contribution in [1.82, 2.24) is 44.5 Å². The molecule has 20 nitrogen and oxygen atoms in total. The predicted octanol–water partition coefficient (Wildman–Crippen LogP) is 0.0191. The van der Waals surface area contributed by atoms with E-state index in [0.29, 0.717) is 11.2 Å². The monoisotopic (exact) mass is 695 g/mol. The van der Waals surface area contributed by atoms with Crippen LogP contribution in [0.3, 0.4) is 0 Å². The van der Waals surface area contributed by atoms with Gasteiger partial charge in [-0.15, -0.1) is 5.10 Å². The molecule has 6 heterocycles. The van der Waals surface area contributed by atoms with Crippen molar-refractivity contribution >= 4 is 67.2 Å². The van der Waals surface area contributed by atoms with Gasteiger partial charge in [-0.05, 0) is 0 Å². The van der Waals surface area contributed by atoms with Crippen LogP contribution in [0.5, 0.6) is 0 Å². The lowest BCUT2D eigenvalue weighted by atomic mass is 10.1. The number of hydrogen-bond acceptors (Lipinski definition) is 17. The second kappa shape index (κ2) is 12.2. The third kappa shape index (κ3) is 5.96. The van der Waals surface area contributed by atoms with Crippen LogP contribution < -0.4 is 17.0 Å². The highest BCUT2D eigenvalue weighted by atomic mass is 32.7. The fourth-order valence-electron chi connectivity index (χ4n) is 4.93. The number of ether oxygens (including phenoxy) is 2. The number of nitrogens with one attached hydrogen (secondary N) is 1. The zero-order valence-electron chi connectivity index (χ0n) is 22.0. The summed E-state index contributed by atoms with van der Waals surface area (Å²) in [5, 5.41) is 21.3. The van der Waals surface area contributed by atoms with Crippen molar-refractivity contribution in [1.29, 1.82) is 0 Å². The number of alkyl halides is 1. The van der Waals surface area contributed by atoms with Crippen molar-refractivity contribution in [3.8, 4) is 0 Å². The standard InChI is InChI=1S/C19H24FN11O9P2S2/c20-11-9(3-32)38-17(30-15-12(28-29-30)16(33)27-18(21)26-15)13(11)40-42(35,44)36-4-10-8(39-41(34)43)1-7(37-10)6-2-25-31-14(6)23-5-24-19(31)22/h2,5,7-11,13,17,32,41H,1,3-4H2,(H,34,43)(H,35,44)(H2,22,23,24)(H3,21,26,27,33)/t7-,8+,9-,10-,11+,13?,17-,42?/m1/s1. The summed E-state index contributed by atoms with van der Waals surface area (Å²) in [4.78, 5) is 26.5. The number of H-pyrrole nitrogens is 1. The maximum atomic E-state index is 15.4. The number of hydrogen-bond donors (Lipinski definition) is 6. The number of anilines is 2. The topological polar surface area (TPSA) is 272 Å². The Labute approximate surface area is 255 Å². The first-order chi connectivity index (χ1) is 21.0. The number of nitrogens with zero attached hydrogens (tertiary/aromatic N) is 8. The van der Waals surface area contributed by atoms with Crippen molar-refractivity contribution in [2.24, 2.45) is 0 Å². The van der Waals surface area contributed by atoms with Crippen LogP contribution in [0.1, 0.15) is 24.3 Å². The second-order valence-electron chi connectivity index (χ2n) is 9.57. The van der Waals surface area contributed by atoms with Gasteiger partial charge in [-0.3, -0.25) is 23.4 Å². The fraction of sp³-hybridized carbons (Fsp3) is 0.526. The zero-order valence-corrected chi connectivity index (χ0v) is 25.7. The van der Waals surface area contributed by atoms with Gasteiger partial charge in [0.2, 0.25) is 19.1 Å². The molecule has 6 N–H and O–H groups in total. The molecule has 0 aromatic carbocycles. The normalized spacial score (nSPS) is 29.4. The lowest BCUT2D eigenvalue weighted by Gasteiger charge is -2.24. The van der Waals surface area contributed by atoms with Gasteiger partial charge in [-0.25, -0.2) is 18.9 Å². The van der Waals surface area contributed by atoms with Crippen molar-refractivity contribution in [3.63, 3.8) is 0 Å². The fourth-order valence-corrected chi connectivity index (χ4v) is 7.29. The van der Waals surface area contributed by atoms with Crippen LogP contribution in [0.2, 0.25) is 0 Å². The summed E-state index contributed by atoms with van der Waals surface area (Å²) in [6.07, 6.45) is -6.37. The van der Waals surface area contributed by atoms with Gasteiger partial charge in [0.15, 0.2) is 29.2 Å². The maximum Gasteiger partial charge on any atom is 0.386 e. The number of aromatic amines is 1. The van der Waals surface area contributed by atoms with E-state index in [1.807, 2.05) is 0 Å². The number of rotatable bonds is 10. The Kier molecular flexibility index (Phi) is 8.69. The Hall–Kier alpha value is -2.72. The molecule has 0 radical (unpaired) electrons. The molecule has 0 amide bonds. The Balaban J connectivity index is 1.20. The summed E-state index contributed by atoms with van der Waals surface area (Å²) in [6.45, 7) is -5.69. The van der Waals surface area contributed by atoms with E-state index in [1.54, 1.807) is 0 Å². The molecule has 6 rings (SSSR count). The van der Waals surface area contributed by atoms with Gasteiger partial charge >= 0.3 is 6.80 Å². The molecule has 0 bridgehead atoms. The molecule has 2 aliphatic rings. The van der Waals surface area contributed by atoms with Gasteiger partial charge in [-0.2, -0.15) is 19.3 Å². The maximum absolute atomic E-state index is 15.4. The van der Waals surface area contributed by atoms with Gasteiger partial charge < -0.3 is 30.6 Å². The third-order valence-electron chi connectivity index (χ3n) is 6.85. The number of nitrogen functional groups attached to an aromatic ring is 2. The van der Waals surface area contributed by atoms with E-state index in [-0.39, 0.29) is 29.5 Å². The van der Waals surface area contributed by atoms with Crippen LogP contribution in [0.4, 0.5) is 16.3 Å². The van der Waals surface area contributed by atoms with Crippen molar-refractivity contribution in [2.75, 3.05) is 24.7 Å². The molecule has 0 aliphatic carbocycles. The highest BCUT2D eigenvalue weighted by Crippen LogP contribution is 2.57. The van der Waals surface area contributed by atoms with E-state index in [2.05, 4.69) is 59.8 Å². The summed E-state index contributed by atoms with van der Waals surface area (Å²) in [7, 11) is -2.76. The minimum absolute atomic E-state index is 0.0919. The van der Waals surface area contributed by atoms with Gasteiger partial charge in [0.1, 0.15) is 24.6 Å². The average molecular weight is 696 g/mol. The van der Waals surface area contributed by atoms with Crippen LogP contribution in [0.25, 0.3) is 16.8 Å². The molecule has 2 saturated heterocycles. The molecular formula is C19H24FN11O9P2S2. The number of thiol groups is 2. The van der Waals surface area contributed by atoms with Gasteiger partial charge in [0.05, 0.1) is 31.6 Å². The second-order valence-corrected chi connectivity index (χ2v) is 14.3. The molecule has 4 aromatic heterocycles. The van der Waals surface area contributed by atoms with E-state index in [1.165, 1.54) is 17.0 Å². The summed E-state index contributed by atoms with van der Waals surface area (Å²) < 4.78 is 70.9. The highest BCUT2D eigenvalue weighted by molar-refractivity contribution is 8.44. The number of nitrogens with two attached hydrogens (primary N) is 2. The molecule has 238 valence electrons. The first-order valence-electron chi connectivity index (χ1n) is 12.6.